The van der Waals surface area contributed by atoms with Crippen LogP contribution in [-0.4, -0.2) is 20.4 Å². The average molecular weight is 442 g/mol. The van der Waals surface area contributed by atoms with Gasteiger partial charge in [-0.15, -0.1) is 11.3 Å². The van der Waals surface area contributed by atoms with Crippen molar-refractivity contribution in [2.75, 3.05) is 0 Å². The Balaban J connectivity index is 1.41. The van der Waals surface area contributed by atoms with Gasteiger partial charge in [0.2, 0.25) is 0 Å². The molecule has 1 amide bonds. The van der Waals surface area contributed by atoms with Gasteiger partial charge in [0, 0.05) is 36.4 Å². The Morgan fingerprint density at radius 1 is 1.10 bits per heavy atom. The molecule has 0 saturated carbocycles. The summed E-state index contributed by atoms with van der Waals surface area (Å²) in [5.41, 5.74) is 1.75. The number of halogens is 3. The van der Waals surface area contributed by atoms with E-state index in [1.54, 1.807) is 24.0 Å². The number of nitrogens with one attached hydrogen (secondary N) is 1. The molecule has 0 saturated heterocycles. The molecule has 0 atom stereocenters. The number of alkyl halides is 3. The molecular weight excluding hydrogens is 425 g/mol. The largest absolute Gasteiger partial charge is 0.416 e. The number of benzene rings is 2. The summed E-state index contributed by atoms with van der Waals surface area (Å²) in [5.74, 6) is -0.380. The van der Waals surface area contributed by atoms with E-state index in [-0.39, 0.29) is 11.6 Å². The van der Waals surface area contributed by atoms with Gasteiger partial charge in [-0.25, -0.2) is 9.97 Å². The molecule has 5 nitrogen and oxygen atoms in total. The highest BCUT2D eigenvalue weighted by atomic mass is 32.1. The first-order chi connectivity index (χ1) is 14.9. The van der Waals surface area contributed by atoms with Crippen LogP contribution in [0.25, 0.3) is 10.6 Å². The Morgan fingerprint density at radius 2 is 1.90 bits per heavy atom. The fraction of sp³-hybridized carbons (Fsp3) is 0.136. The highest BCUT2D eigenvalue weighted by Gasteiger charge is 2.30. The molecule has 31 heavy (non-hydrogen) atoms. The minimum Gasteiger partial charge on any atom is -0.347 e. The summed E-state index contributed by atoms with van der Waals surface area (Å²) in [4.78, 5) is 20.7. The van der Waals surface area contributed by atoms with Crippen LogP contribution in [0.2, 0.25) is 0 Å². The minimum atomic E-state index is -4.43. The quantitative estimate of drug-likeness (QED) is 0.457. The number of hydrogen-bond donors (Lipinski definition) is 1. The van der Waals surface area contributed by atoms with Gasteiger partial charge in [-0.2, -0.15) is 13.2 Å². The molecule has 0 unspecified atom stereocenters. The summed E-state index contributed by atoms with van der Waals surface area (Å²) in [6.07, 6.45) is 0.892. The van der Waals surface area contributed by atoms with E-state index in [0.29, 0.717) is 23.7 Å². The molecule has 4 rings (SSSR count). The number of carbonyl (C=O) groups is 1. The summed E-state index contributed by atoms with van der Waals surface area (Å²) in [6.45, 7) is 0.987. The van der Waals surface area contributed by atoms with Crippen LogP contribution < -0.4 is 5.32 Å². The second kappa shape index (κ2) is 8.73. The number of amides is 1. The lowest BCUT2D eigenvalue weighted by Gasteiger charge is -2.07. The number of nitrogens with zero attached hydrogens (tertiary/aromatic N) is 3. The van der Waals surface area contributed by atoms with Crippen molar-refractivity contribution in [1.29, 1.82) is 0 Å². The first-order valence-corrected chi connectivity index (χ1v) is 10.2. The van der Waals surface area contributed by atoms with Gasteiger partial charge < -0.3 is 9.88 Å². The van der Waals surface area contributed by atoms with Crippen LogP contribution in [0.4, 0.5) is 13.2 Å². The lowest BCUT2D eigenvalue weighted by molar-refractivity contribution is -0.137. The Labute approximate surface area is 180 Å². The van der Waals surface area contributed by atoms with E-state index in [0.717, 1.165) is 34.6 Å². The van der Waals surface area contributed by atoms with Gasteiger partial charge in [0.05, 0.1) is 11.9 Å². The Hall–Kier alpha value is -3.46. The van der Waals surface area contributed by atoms with E-state index in [1.807, 2.05) is 35.0 Å². The molecule has 0 aliphatic rings. The van der Waals surface area contributed by atoms with E-state index in [2.05, 4.69) is 15.3 Å². The third-order valence-corrected chi connectivity index (χ3v) is 5.43. The van der Waals surface area contributed by atoms with Crippen LogP contribution in [0, 0.1) is 0 Å². The molecule has 2 aromatic heterocycles. The maximum absolute atomic E-state index is 12.9. The SMILES string of the molecule is O=C(NCc1cccc(Cn2ccnc2)c1)c1csc(-c2cccc(C(F)(F)F)c2)n1. The second-order valence-corrected chi connectivity index (χ2v) is 7.71. The molecule has 9 heteroatoms. The number of imidazole rings is 1. The van der Waals surface area contributed by atoms with Crippen molar-refractivity contribution in [2.45, 2.75) is 19.3 Å². The van der Waals surface area contributed by atoms with Crippen LogP contribution in [0.1, 0.15) is 27.2 Å². The molecule has 4 aromatic rings. The van der Waals surface area contributed by atoms with Crippen molar-refractivity contribution in [1.82, 2.24) is 19.9 Å². The number of carbonyl (C=O) groups excluding carboxylic acids is 1. The lowest BCUT2D eigenvalue weighted by Crippen LogP contribution is -2.23. The van der Waals surface area contributed by atoms with Gasteiger partial charge in [0.15, 0.2) is 0 Å². The summed E-state index contributed by atoms with van der Waals surface area (Å²) in [7, 11) is 0. The molecular formula is C22H17F3N4OS. The number of hydrogen-bond acceptors (Lipinski definition) is 4. The molecule has 0 fully saturated rings. The summed E-state index contributed by atoms with van der Waals surface area (Å²) < 4.78 is 40.7. The average Bonchev–Trinajstić information content (AvgIpc) is 3.44. The fourth-order valence-corrected chi connectivity index (χ4v) is 3.84. The van der Waals surface area contributed by atoms with Crippen molar-refractivity contribution < 1.29 is 18.0 Å². The third kappa shape index (κ3) is 5.18. The number of aromatic nitrogens is 3. The smallest absolute Gasteiger partial charge is 0.347 e. The van der Waals surface area contributed by atoms with Gasteiger partial charge in [-0.05, 0) is 23.3 Å². The van der Waals surface area contributed by atoms with E-state index in [1.165, 1.54) is 6.07 Å². The van der Waals surface area contributed by atoms with Gasteiger partial charge in [-0.3, -0.25) is 4.79 Å². The molecule has 2 aromatic carbocycles. The molecule has 0 aliphatic carbocycles. The lowest BCUT2D eigenvalue weighted by atomic mass is 10.1. The first-order valence-electron chi connectivity index (χ1n) is 9.33. The van der Waals surface area contributed by atoms with Crippen LogP contribution in [-0.2, 0) is 19.3 Å². The highest BCUT2D eigenvalue weighted by molar-refractivity contribution is 7.13. The van der Waals surface area contributed by atoms with E-state index >= 15 is 0 Å². The third-order valence-electron chi connectivity index (χ3n) is 4.54. The van der Waals surface area contributed by atoms with Gasteiger partial charge in [0.1, 0.15) is 10.7 Å². The van der Waals surface area contributed by atoms with E-state index < -0.39 is 11.7 Å². The van der Waals surface area contributed by atoms with E-state index in [4.69, 9.17) is 0 Å². The second-order valence-electron chi connectivity index (χ2n) is 6.85. The summed E-state index contributed by atoms with van der Waals surface area (Å²) in [6, 6.07) is 12.7. The fourth-order valence-electron chi connectivity index (χ4n) is 3.04. The van der Waals surface area contributed by atoms with Crippen LogP contribution in [0.3, 0.4) is 0 Å². The predicted molar refractivity (Wildman–Crippen MR) is 111 cm³/mol. The Bertz CT molecular complexity index is 1190. The van der Waals surface area contributed by atoms with Crippen molar-refractivity contribution in [3.63, 3.8) is 0 Å². The summed E-state index contributed by atoms with van der Waals surface area (Å²) in [5, 5.41) is 4.71. The molecule has 0 radical (unpaired) electrons. The Morgan fingerprint density at radius 3 is 2.68 bits per heavy atom. The van der Waals surface area contributed by atoms with Gasteiger partial charge in [0.25, 0.3) is 5.91 Å². The maximum Gasteiger partial charge on any atom is 0.416 e. The highest BCUT2D eigenvalue weighted by Crippen LogP contribution is 2.33. The predicted octanol–water partition coefficient (Wildman–Crippen LogP) is 5.00. The zero-order valence-corrected chi connectivity index (χ0v) is 17.0. The van der Waals surface area contributed by atoms with Gasteiger partial charge >= 0.3 is 6.18 Å². The van der Waals surface area contributed by atoms with Crippen LogP contribution in [0.15, 0.2) is 72.6 Å². The topological polar surface area (TPSA) is 59.8 Å². The zero-order valence-electron chi connectivity index (χ0n) is 16.1. The zero-order chi connectivity index (χ0) is 21.8. The first kappa shape index (κ1) is 20.8. The van der Waals surface area contributed by atoms with Crippen LogP contribution >= 0.6 is 11.3 Å². The van der Waals surface area contributed by atoms with E-state index in [9.17, 15) is 18.0 Å². The normalized spacial score (nSPS) is 11.5. The molecule has 0 aliphatic heterocycles. The molecule has 0 bridgehead atoms. The summed E-state index contributed by atoms with van der Waals surface area (Å²) >= 11 is 1.13. The standard InChI is InChI=1S/C22H17F3N4OS/c23-22(24,25)18-6-2-5-17(10-18)21-28-19(13-31-21)20(30)27-11-15-3-1-4-16(9-15)12-29-8-7-26-14-29/h1-10,13-14H,11-12H2,(H,27,30). The number of thiazole rings is 1. The molecule has 1 N–H and O–H groups in total. The van der Waals surface area contributed by atoms with Crippen molar-refractivity contribution in [3.05, 3.63) is 95.0 Å². The number of rotatable bonds is 6. The monoisotopic (exact) mass is 442 g/mol. The van der Waals surface area contributed by atoms with Crippen molar-refractivity contribution in [3.8, 4) is 10.6 Å². The van der Waals surface area contributed by atoms with Crippen molar-refractivity contribution in [2.24, 2.45) is 0 Å². The molecule has 2 heterocycles. The van der Waals surface area contributed by atoms with Gasteiger partial charge in [-0.1, -0.05) is 36.4 Å². The van der Waals surface area contributed by atoms with Crippen molar-refractivity contribution >= 4 is 17.2 Å². The minimum absolute atomic E-state index is 0.173. The maximum atomic E-state index is 12.9. The molecule has 0 spiro atoms. The molecule has 158 valence electrons. The van der Waals surface area contributed by atoms with Crippen LogP contribution in [0.5, 0.6) is 0 Å². The Kier molecular flexibility index (Phi) is 5.85.